The zero-order valence-electron chi connectivity index (χ0n) is 12.0. The quantitative estimate of drug-likeness (QED) is 0.519. The number of nitriles is 1. The van der Waals surface area contributed by atoms with E-state index in [1.54, 1.807) is 7.11 Å². The summed E-state index contributed by atoms with van der Waals surface area (Å²) in [5.74, 6) is 0. The van der Waals surface area contributed by atoms with E-state index in [4.69, 9.17) is 21.7 Å². The monoisotopic (exact) mass is 300 g/mol. The molecule has 0 atom stereocenters. The van der Waals surface area contributed by atoms with Crippen molar-refractivity contribution in [1.82, 2.24) is 4.98 Å². The Kier molecular flexibility index (Phi) is 5.23. The number of hydrogen-bond donors (Lipinski definition) is 1. The van der Waals surface area contributed by atoms with Crippen molar-refractivity contribution in [3.63, 3.8) is 0 Å². The van der Waals surface area contributed by atoms with E-state index in [1.165, 1.54) is 0 Å². The number of ether oxygens (including phenoxy) is 2. The minimum Gasteiger partial charge on any atom is -0.359 e. The Morgan fingerprint density at radius 3 is 2.62 bits per heavy atom. The highest BCUT2D eigenvalue weighted by atomic mass is 32.1. The van der Waals surface area contributed by atoms with E-state index in [9.17, 15) is 5.26 Å². The van der Waals surface area contributed by atoms with Crippen molar-refractivity contribution in [3.8, 4) is 17.3 Å². The van der Waals surface area contributed by atoms with Crippen molar-refractivity contribution in [2.75, 3.05) is 13.9 Å². The molecule has 0 radical (unpaired) electrons. The third kappa shape index (κ3) is 3.37. The van der Waals surface area contributed by atoms with Crippen LogP contribution in [0.5, 0.6) is 0 Å². The van der Waals surface area contributed by atoms with Crippen molar-refractivity contribution >= 4 is 12.2 Å². The standard InChI is InChI=1S/C16H16N2O2S/c1-11-13(8-17)16(21)14(9-20-10-19-2)15(18-11)12-6-4-3-5-7-12/h3-7H,9-10H2,1-2H3,(H,18,21). The van der Waals surface area contributed by atoms with Crippen molar-refractivity contribution in [1.29, 1.82) is 5.26 Å². The fraction of sp³-hybridized carbons (Fsp3) is 0.250. The Morgan fingerprint density at radius 2 is 2.00 bits per heavy atom. The summed E-state index contributed by atoms with van der Waals surface area (Å²) in [6.45, 7) is 2.32. The second-order valence-electron chi connectivity index (χ2n) is 4.54. The number of nitrogens with zero attached hydrogens (tertiary/aromatic N) is 1. The lowest BCUT2D eigenvalue weighted by atomic mass is 10.0. The molecule has 108 valence electrons. The summed E-state index contributed by atoms with van der Waals surface area (Å²) >= 11 is 5.45. The number of aromatic amines is 1. The topological polar surface area (TPSA) is 58.0 Å². The molecule has 2 aromatic rings. The molecule has 0 fully saturated rings. The second-order valence-corrected chi connectivity index (χ2v) is 4.95. The SMILES string of the molecule is COCOCc1c(-c2ccccc2)[nH]c(C)c(C#N)c1=S. The third-order valence-electron chi connectivity index (χ3n) is 3.11. The van der Waals surface area contributed by atoms with Crippen LogP contribution in [0.15, 0.2) is 30.3 Å². The number of rotatable bonds is 5. The van der Waals surface area contributed by atoms with E-state index in [0.717, 1.165) is 22.5 Å². The summed E-state index contributed by atoms with van der Waals surface area (Å²) in [4.78, 5) is 3.27. The van der Waals surface area contributed by atoms with Gasteiger partial charge in [-0.15, -0.1) is 0 Å². The highest BCUT2D eigenvalue weighted by Gasteiger charge is 2.13. The van der Waals surface area contributed by atoms with E-state index in [-0.39, 0.29) is 6.79 Å². The van der Waals surface area contributed by atoms with Crippen LogP contribution in [0, 0.1) is 22.8 Å². The second kappa shape index (κ2) is 7.14. The molecule has 0 aliphatic carbocycles. The Balaban J connectivity index is 2.58. The fourth-order valence-electron chi connectivity index (χ4n) is 2.11. The zero-order valence-corrected chi connectivity index (χ0v) is 12.8. The maximum atomic E-state index is 9.25. The smallest absolute Gasteiger partial charge is 0.146 e. The van der Waals surface area contributed by atoms with Crippen LogP contribution < -0.4 is 0 Å². The molecule has 4 nitrogen and oxygen atoms in total. The average molecular weight is 300 g/mol. The molecule has 1 N–H and O–H groups in total. The predicted octanol–water partition coefficient (Wildman–Crippen LogP) is 3.71. The van der Waals surface area contributed by atoms with Gasteiger partial charge in [0.15, 0.2) is 0 Å². The van der Waals surface area contributed by atoms with Crippen molar-refractivity contribution in [3.05, 3.63) is 51.7 Å². The number of hydrogen-bond acceptors (Lipinski definition) is 4. The van der Waals surface area contributed by atoms with Gasteiger partial charge in [-0.3, -0.25) is 0 Å². The van der Waals surface area contributed by atoms with Crippen LogP contribution in [0.2, 0.25) is 0 Å². The summed E-state index contributed by atoms with van der Waals surface area (Å²) in [5, 5.41) is 9.25. The molecule has 0 amide bonds. The Labute approximate surface area is 129 Å². The van der Waals surface area contributed by atoms with Crippen LogP contribution >= 0.6 is 12.2 Å². The molecule has 0 saturated carbocycles. The molecule has 0 aliphatic rings. The number of methoxy groups -OCH3 is 1. The van der Waals surface area contributed by atoms with E-state index in [0.29, 0.717) is 16.7 Å². The summed E-state index contributed by atoms with van der Waals surface area (Å²) in [7, 11) is 1.56. The van der Waals surface area contributed by atoms with Gasteiger partial charge < -0.3 is 14.5 Å². The van der Waals surface area contributed by atoms with E-state index < -0.39 is 0 Å². The van der Waals surface area contributed by atoms with E-state index >= 15 is 0 Å². The van der Waals surface area contributed by atoms with Gasteiger partial charge >= 0.3 is 0 Å². The molecule has 0 unspecified atom stereocenters. The average Bonchev–Trinajstić information content (AvgIpc) is 2.50. The van der Waals surface area contributed by atoms with Gasteiger partial charge in [0.05, 0.1) is 22.4 Å². The fourth-order valence-corrected chi connectivity index (χ4v) is 2.47. The molecule has 1 aromatic heterocycles. The van der Waals surface area contributed by atoms with E-state index in [1.807, 2.05) is 37.3 Å². The molecule has 0 bridgehead atoms. The summed E-state index contributed by atoms with van der Waals surface area (Å²) in [6.07, 6.45) is 0. The summed E-state index contributed by atoms with van der Waals surface area (Å²) in [6, 6.07) is 12.0. The normalized spacial score (nSPS) is 10.3. The first-order chi connectivity index (χ1) is 10.2. The molecule has 0 aliphatic heterocycles. The molecule has 2 rings (SSSR count). The van der Waals surface area contributed by atoms with Crippen molar-refractivity contribution in [2.45, 2.75) is 13.5 Å². The molecular weight excluding hydrogens is 284 g/mol. The largest absolute Gasteiger partial charge is 0.359 e. The lowest BCUT2D eigenvalue weighted by molar-refractivity contribution is -0.0390. The molecule has 5 heteroatoms. The molecule has 1 aromatic carbocycles. The van der Waals surface area contributed by atoms with Gasteiger partial charge in [0, 0.05) is 18.4 Å². The molecule has 0 spiro atoms. The van der Waals surface area contributed by atoms with Crippen LogP contribution in [0.25, 0.3) is 11.3 Å². The van der Waals surface area contributed by atoms with Gasteiger partial charge in [-0.25, -0.2) is 0 Å². The highest BCUT2D eigenvalue weighted by molar-refractivity contribution is 7.71. The summed E-state index contributed by atoms with van der Waals surface area (Å²) in [5.41, 5.74) is 3.94. The van der Waals surface area contributed by atoms with E-state index in [2.05, 4.69) is 11.1 Å². The first-order valence-electron chi connectivity index (χ1n) is 6.47. The minimum absolute atomic E-state index is 0.179. The number of aromatic nitrogens is 1. The van der Waals surface area contributed by atoms with Crippen molar-refractivity contribution in [2.24, 2.45) is 0 Å². The van der Waals surface area contributed by atoms with Gasteiger partial charge in [-0.2, -0.15) is 5.26 Å². The predicted molar refractivity (Wildman–Crippen MR) is 83.2 cm³/mol. The molecule has 0 saturated heterocycles. The van der Waals surface area contributed by atoms with Gasteiger partial charge in [-0.05, 0) is 12.5 Å². The Morgan fingerprint density at radius 1 is 1.29 bits per heavy atom. The number of benzene rings is 1. The zero-order chi connectivity index (χ0) is 15.2. The maximum Gasteiger partial charge on any atom is 0.146 e. The first kappa shape index (κ1) is 15.4. The Bertz CT molecular complexity index is 718. The lowest BCUT2D eigenvalue weighted by Crippen LogP contribution is -2.04. The summed E-state index contributed by atoms with van der Waals surface area (Å²) < 4.78 is 10.9. The van der Waals surface area contributed by atoms with Crippen LogP contribution in [-0.2, 0) is 16.1 Å². The number of H-pyrrole nitrogens is 1. The number of nitrogens with one attached hydrogen (secondary N) is 1. The Hall–Kier alpha value is -2.00. The number of pyridine rings is 1. The first-order valence-corrected chi connectivity index (χ1v) is 6.87. The molecular formula is C16H16N2O2S. The highest BCUT2D eigenvalue weighted by Crippen LogP contribution is 2.26. The number of aryl methyl sites for hydroxylation is 1. The van der Waals surface area contributed by atoms with Gasteiger partial charge in [-0.1, -0.05) is 42.5 Å². The van der Waals surface area contributed by atoms with Gasteiger partial charge in [0.1, 0.15) is 12.9 Å². The molecule has 21 heavy (non-hydrogen) atoms. The molecule has 1 heterocycles. The van der Waals surface area contributed by atoms with Crippen molar-refractivity contribution < 1.29 is 9.47 Å². The lowest BCUT2D eigenvalue weighted by Gasteiger charge is -2.13. The van der Waals surface area contributed by atoms with Gasteiger partial charge in [0.2, 0.25) is 0 Å². The van der Waals surface area contributed by atoms with Gasteiger partial charge in [0.25, 0.3) is 0 Å². The van der Waals surface area contributed by atoms with Crippen LogP contribution in [0.4, 0.5) is 0 Å². The third-order valence-corrected chi connectivity index (χ3v) is 3.56. The van der Waals surface area contributed by atoms with Crippen LogP contribution in [-0.4, -0.2) is 18.9 Å². The minimum atomic E-state index is 0.179. The van der Waals surface area contributed by atoms with Crippen LogP contribution in [0.3, 0.4) is 0 Å². The van der Waals surface area contributed by atoms with Crippen LogP contribution in [0.1, 0.15) is 16.8 Å². The maximum absolute atomic E-state index is 9.25.